The Hall–Kier alpha value is -2.54. The summed E-state index contributed by atoms with van der Waals surface area (Å²) in [5.74, 6) is 1.29. The number of nitrogens with zero attached hydrogens (tertiary/aromatic N) is 2. The van der Waals surface area contributed by atoms with Crippen LogP contribution in [-0.4, -0.2) is 27.9 Å². The van der Waals surface area contributed by atoms with Gasteiger partial charge in [0.2, 0.25) is 5.91 Å². The lowest BCUT2D eigenvalue weighted by Gasteiger charge is -2.15. The van der Waals surface area contributed by atoms with Crippen molar-refractivity contribution in [3.63, 3.8) is 0 Å². The number of thioether (sulfide) groups is 1. The molecule has 0 saturated heterocycles. The van der Waals surface area contributed by atoms with Gasteiger partial charge in [0, 0.05) is 6.54 Å². The van der Waals surface area contributed by atoms with Crippen molar-refractivity contribution in [3.05, 3.63) is 54.0 Å². The second-order valence-corrected chi connectivity index (χ2v) is 7.37. The number of aryl methyl sites for hydroxylation is 1. The van der Waals surface area contributed by atoms with Crippen molar-refractivity contribution in [2.24, 2.45) is 0 Å². The number of rotatable bonds is 7. The van der Waals surface area contributed by atoms with E-state index in [-0.39, 0.29) is 17.1 Å². The maximum atomic E-state index is 12.3. The highest BCUT2D eigenvalue weighted by Gasteiger charge is 2.20. The van der Waals surface area contributed by atoms with Crippen LogP contribution in [0.1, 0.15) is 31.1 Å². The molecule has 1 aromatic carbocycles. The van der Waals surface area contributed by atoms with Gasteiger partial charge < -0.3 is 14.2 Å². The summed E-state index contributed by atoms with van der Waals surface area (Å²) in [5, 5.41) is 11.0. The van der Waals surface area contributed by atoms with Gasteiger partial charge in [-0.25, -0.2) is 0 Å². The van der Waals surface area contributed by atoms with Crippen LogP contribution in [0.2, 0.25) is 0 Å². The molecule has 136 valence electrons. The lowest BCUT2D eigenvalue weighted by molar-refractivity contribution is -0.120. The van der Waals surface area contributed by atoms with Crippen LogP contribution in [0.25, 0.3) is 11.5 Å². The smallest absolute Gasteiger partial charge is 0.277 e. The van der Waals surface area contributed by atoms with Gasteiger partial charge in [0.1, 0.15) is 5.76 Å². The van der Waals surface area contributed by atoms with E-state index in [0.717, 1.165) is 5.56 Å². The number of benzene rings is 1. The number of hydrogen-bond acceptors (Lipinski definition) is 6. The topological polar surface area (TPSA) is 81.2 Å². The van der Waals surface area contributed by atoms with E-state index in [9.17, 15) is 4.79 Å². The van der Waals surface area contributed by atoms with Crippen molar-refractivity contribution in [1.82, 2.24) is 15.5 Å². The minimum Gasteiger partial charge on any atom is -0.469 e. The van der Waals surface area contributed by atoms with Gasteiger partial charge in [-0.1, -0.05) is 49.0 Å². The van der Waals surface area contributed by atoms with Crippen LogP contribution in [0.15, 0.2) is 56.7 Å². The summed E-state index contributed by atoms with van der Waals surface area (Å²) in [4.78, 5) is 12.3. The third-order valence-corrected chi connectivity index (χ3v) is 5.03. The fourth-order valence-corrected chi connectivity index (χ4v) is 3.18. The van der Waals surface area contributed by atoms with Crippen molar-refractivity contribution < 1.29 is 13.6 Å². The maximum absolute atomic E-state index is 12.3. The Kier molecular flexibility index (Phi) is 5.78. The number of carbonyl (C=O) groups excluding carboxylic acids is 1. The van der Waals surface area contributed by atoms with E-state index in [4.69, 9.17) is 8.83 Å². The number of aromatic nitrogens is 2. The third-order valence-electron chi connectivity index (χ3n) is 4.09. The van der Waals surface area contributed by atoms with Gasteiger partial charge >= 0.3 is 0 Å². The zero-order valence-electron chi connectivity index (χ0n) is 14.9. The lowest BCUT2D eigenvalue weighted by atomic mass is 10.0. The largest absolute Gasteiger partial charge is 0.469 e. The molecule has 1 amide bonds. The van der Waals surface area contributed by atoms with Crippen molar-refractivity contribution >= 4 is 17.7 Å². The number of furan rings is 1. The predicted octanol–water partition coefficient (Wildman–Crippen LogP) is 4.04. The zero-order valence-corrected chi connectivity index (χ0v) is 15.7. The molecule has 0 fully saturated rings. The summed E-state index contributed by atoms with van der Waals surface area (Å²) in [5.41, 5.74) is 1.96. The number of nitrogens with one attached hydrogen (secondary N) is 1. The first-order valence-electron chi connectivity index (χ1n) is 8.42. The molecule has 0 unspecified atom stereocenters. The molecule has 0 saturated carbocycles. The minimum absolute atomic E-state index is 0.0583. The van der Waals surface area contributed by atoms with Gasteiger partial charge in [-0.05, 0) is 31.4 Å². The van der Waals surface area contributed by atoms with Crippen LogP contribution in [-0.2, 0) is 4.79 Å². The number of carbonyl (C=O) groups is 1. The molecule has 0 spiro atoms. The van der Waals surface area contributed by atoms with Gasteiger partial charge in [-0.3, -0.25) is 4.79 Å². The molecule has 0 aliphatic carbocycles. The van der Waals surface area contributed by atoms with Crippen LogP contribution in [0, 0.1) is 6.92 Å². The van der Waals surface area contributed by atoms with Crippen molar-refractivity contribution in [2.75, 3.05) is 6.54 Å². The van der Waals surface area contributed by atoms with Crippen molar-refractivity contribution in [1.29, 1.82) is 0 Å². The van der Waals surface area contributed by atoms with E-state index in [1.54, 1.807) is 12.3 Å². The molecule has 1 N–H and O–H groups in total. The van der Waals surface area contributed by atoms with E-state index in [0.29, 0.717) is 23.4 Å². The highest BCUT2D eigenvalue weighted by Crippen LogP contribution is 2.28. The first kappa shape index (κ1) is 18.3. The Morgan fingerprint density at radius 1 is 1.19 bits per heavy atom. The van der Waals surface area contributed by atoms with Crippen LogP contribution >= 0.6 is 11.8 Å². The van der Waals surface area contributed by atoms with Gasteiger partial charge in [0.05, 0.1) is 17.1 Å². The normalized spacial score (nSPS) is 13.3. The molecule has 0 radical (unpaired) electrons. The Balaban J connectivity index is 1.53. The van der Waals surface area contributed by atoms with E-state index in [1.807, 2.05) is 32.0 Å². The van der Waals surface area contributed by atoms with Gasteiger partial charge in [0.25, 0.3) is 11.1 Å². The average molecular weight is 371 g/mol. The van der Waals surface area contributed by atoms with E-state index >= 15 is 0 Å². The highest BCUT2D eigenvalue weighted by atomic mass is 32.2. The Morgan fingerprint density at radius 2 is 1.96 bits per heavy atom. The molecule has 0 aliphatic heterocycles. The number of hydrogen-bond donors (Lipinski definition) is 1. The first-order valence-corrected chi connectivity index (χ1v) is 9.30. The quantitative estimate of drug-likeness (QED) is 0.631. The summed E-state index contributed by atoms with van der Waals surface area (Å²) in [6.07, 6.45) is 1.58. The predicted molar refractivity (Wildman–Crippen MR) is 99.9 cm³/mol. The average Bonchev–Trinajstić information content (AvgIpc) is 3.28. The molecule has 2 heterocycles. The zero-order chi connectivity index (χ0) is 18.5. The fourth-order valence-electron chi connectivity index (χ4n) is 2.47. The van der Waals surface area contributed by atoms with Gasteiger partial charge in [-0.2, -0.15) is 0 Å². The van der Waals surface area contributed by atoms with E-state index in [1.165, 1.54) is 17.3 Å². The van der Waals surface area contributed by atoms with Crippen LogP contribution in [0.3, 0.4) is 0 Å². The molecule has 2 atom stereocenters. The first-order chi connectivity index (χ1) is 12.5. The van der Waals surface area contributed by atoms with Crippen LogP contribution in [0.4, 0.5) is 0 Å². The molecule has 0 aliphatic rings. The van der Waals surface area contributed by atoms with Crippen LogP contribution < -0.4 is 5.32 Å². The van der Waals surface area contributed by atoms with Gasteiger partial charge in [0.15, 0.2) is 0 Å². The molecule has 7 heteroatoms. The van der Waals surface area contributed by atoms with E-state index in [2.05, 4.69) is 34.6 Å². The molecule has 0 bridgehead atoms. The molecule has 2 aromatic heterocycles. The fraction of sp³-hybridized carbons (Fsp3) is 0.316. The molecular formula is C19H21N3O3S. The van der Waals surface area contributed by atoms with Crippen molar-refractivity contribution in [2.45, 2.75) is 37.2 Å². The van der Waals surface area contributed by atoms with Gasteiger partial charge in [-0.15, -0.1) is 10.2 Å². The summed E-state index contributed by atoms with van der Waals surface area (Å²) in [6.45, 7) is 6.32. The monoisotopic (exact) mass is 371 g/mol. The van der Waals surface area contributed by atoms with Crippen molar-refractivity contribution in [3.8, 4) is 11.5 Å². The molecule has 6 nitrogen and oxygen atoms in total. The molecule has 3 aromatic rings. The second kappa shape index (κ2) is 8.23. The minimum atomic E-state index is -0.336. The maximum Gasteiger partial charge on any atom is 0.277 e. The second-order valence-electron chi connectivity index (χ2n) is 6.08. The summed E-state index contributed by atoms with van der Waals surface area (Å²) in [7, 11) is 0. The molecule has 26 heavy (non-hydrogen) atoms. The van der Waals surface area contributed by atoms with Crippen LogP contribution in [0.5, 0.6) is 0 Å². The number of amides is 1. The summed E-state index contributed by atoms with van der Waals surface area (Å²) < 4.78 is 10.9. The highest BCUT2D eigenvalue weighted by molar-refractivity contribution is 8.00. The SMILES string of the molecule is Cc1occc1-c1nnc(S[C@@H](C)C(=O)NC[C@H](C)c2ccccc2)o1. The Morgan fingerprint density at radius 3 is 2.65 bits per heavy atom. The lowest BCUT2D eigenvalue weighted by Crippen LogP contribution is -2.33. The summed E-state index contributed by atoms with van der Waals surface area (Å²) >= 11 is 1.24. The summed E-state index contributed by atoms with van der Waals surface area (Å²) in [6, 6.07) is 11.9. The Bertz CT molecular complexity index is 860. The third kappa shape index (κ3) is 4.35. The Labute approximate surface area is 156 Å². The standard InChI is InChI=1S/C19H21N3O3S/c1-12(15-7-5-4-6-8-15)11-20-17(23)14(3)26-19-22-21-18(25-19)16-9-10-24-13(16)2/h4-10,12,14H,11H2,1-3H3,(H,20,23)/t12-,14-/m0/s1. The molecule has 3 rings (SSSR count). The molecular weight excluding hydrogens is 350 g/mol. The van der Waals surface area contributed by atoms with E-state index < -0.39 is 0 Å².